The minimum atomic E-state index is -0.328. The van der Waals surface area contributed by atoms with Gasteiger partial charge >= 0.3 is 0 Å². The number of nitrogens with zero attached hydrogens (tertiary/aromatic N) is 6. The maximum Gasteiger partial charge on any atom is 0.229 e. The molecule has 0 spiro atoms. The Hall–Kier alpha value is -2.72. The number of thiocarbonyl (C=S) groups is 1. The van der Waals surface area contributed by atoms with Crippen molar-refractivity contribution in [3.8, 4) is 0 Å². The average molecular weight is 487 g/mol. The van der Waals surface area contributed by atoms with Gasteiger partial charge in [0, 0.05) is 58.4 Å². The molecule has 1 aromatic heterocycles. The van der Waals surface area contributed by atoms with Crippen molar-refractivity contribution < 1.29 is 4.39 Å². The molecular formula is C24H35FN8S. The number of likely N-dealkylation sites (N-methyl/N-ethyl adjacent to an activating group) is 1. The summed E-state index contributed by atoms with van der Waals surface area (Å²) < 4.78 is 14.2. The van der Waals surface area contributed by atoms with Crippen molar-refractivity contribution in [2.45, 2.75) is 25.7 Å². The predicted molar refractivity (Wildman–Crippen MR) is 141 cm³/mol. The van der Waals surface area contributed by atoms with Crippen LogP contribution in [0.15, 0.2) is 30.3 Å². The lowest BCUT2D eigenvalue weighted by molar-refractivity contribution is 0.356. The molecule has 3 heterocycles. The topological polar surface area (TPSA) is 76.8 Å². The number of nitrogens with one attached hydrogen (secondary N) is 1. The molecule has 2 aliphatic heterocycles. The molecule has 34 heavy (non-hydrogen) atoms. The van der Waals surface area contributed by atoms with Crippen LogP contribution in [0.3, 0.4) is 0 Å². The number of nitrogens with two attached hydrogens (primary N) is 1. The fraction of sp³-hybridized carbons (Fsp3) is 0.542. The summed E-state index contributed by atoms with van der Waals surface area (Å²) >= 11 is 5.16. The van der Waals surface area contributed by atoms with Crippen molar-refractivity contribution in [3.63, 3.8) is 0 Å². The van der Waals surface area contributed by atoms with Crippen LogP contribution in [0, 0.1) is 5.82 Å². The molecular weight excluding hydrogens is 451 g/mol. The highest BCUT2D eigenvalue weighted by molar-refractivity contribution is 7.80. The Kier molecular flexibility index (Phi) is 8.34. The minimum absolute atomic E-state index is 0.168. The van der Waals surface area contributed by atoms with Crippen LogP contribution in [0.2, 0.25) is 0 Å². The van der Waals surface area contributed by atoms with E-state index in [1.807, 2.05) is 7.05 Å². The van der Waals surface area contributed by atoms with Crippen molar-refractivity contribution in [1.82, 2.24) is 14.9 Å². The monoisotopic (exact) mass is 486 g/mol. The maximum absolute atomic E-state index is 14.2. The van der Waals surface area contributed by atoms with E-state index in [1.54, 1.807) is 23.1 Å². The van der Waals surface area contributed by atoms with E-state index < -0.39 is 0 Å². The van der Waals surface area contributed by atoms with E-state index in [1.165, 1.54) is 31.7 Å². The third-order valence-electron chi connectivity index (χ3n) is 6.43. The molecule has 0 atom stereocenters. The lowest BCUT2D eigenvalue weighted by Crippen LogP contribution is -2.41. The molecule has 0 radical (unpaired) electrons. The lowest BCUT2D eigenvalue weighted by atomic mass is 10.2. The van der Waals surface area contributed by atoms with Crippen molar-refractivity contribution in [1.29, 1.82) is 0 Å². The molecule has 0 unspecified atom stereocenters. The molecule has 3 N–H and O–H groups in total. The number of halogens is 1. The van der Waals surface area contributed by atoms with E-state index in [0.29, 0.717) is 18.8 Å². The number of hydrogen-bond donors (Lipinski definition) is 2. The zero-order valence-corrected chi connectivity index (χ0v) is 20.7. The first-order valence-corrected chi connectivity index (χ1v) is 12.5. The van der Waals surface area contributed by atoms with Gasteiger partial charge in [-0.1, -0.05) is 12.1 Å². The number of hydrogen-bond acceptors (Lipinski definition) is 7. The molecule has 0 saturated carbocycles. The van der Waals surface area contributed by atoms with Crippen LogP contribution in [0.5, 0.6) is 0 Å². The van der Waals surface area contributed by atoms with E-state index in [2.05, 4.69) is 26.1 Å². The summed E-state index contributed by atoms with van der Waals surface area (Å²) in [6.07, 6.45) is 4.82. The second kappa shape index (κ2) is 11.6. The summed E-state index contributed by atoms with van der Waals surface area (Å²) in [5.41, 5.74) is 6.28. The second-order valence-corrected chi connectivity index (χ2v) is 9.39. The molecule has 2 aliphatic rings. The Balaban J connectivity index is 1.33. The van der Waals surface area contributed by atoms with E-state index in [9.17, 15) is 4.39 Å². The van der Waals surface area contributed by atoms with Gasteiger partial charge in [0.25, 0.3) is 0 Å². The van der Waals surface area contributed by atoms with Gasteiger partial charge in [-0.3, -0.25) is 0 Å². The number of rotatable bonds is 10. The number of aromatic nitrogens is 2. The molecule has 0 amide bonds. The Morgan fingerprint density at radius 2 is 1.71 bits per heavy atom. The van der Waals surface area contributed by atoms with Crippen molar-refractivity contribution in [2.24, 2.45) is 5.73 Å². The molecule has 0 aliphatic carbocycles. The van der Waals surface area contributed by atoms with Crippen LogP contribution in [0.25, 0.3) is 0 Å². The smallest absolute Gasteiger partial charge is 0.229 e. The van der Waals surface area contributed by atoms with Crippen molar-refractivity contribution in [2.75, 3.05) is 79.4 Å². The maximum atomic E-state index is 14.2. The highest BCUT2D eigenvalue weighted by Gasteiger charge is 2.20. The van der Waals surface area contributed by atoms with Gasteiger partial charge in [-0.05, 0) is 57.1 Å². The molecule has 184 valence electrons. The summed E-state index contributed by atoms with van der Waals surface area (Å²) in [6, 6.07) is 8.62. The molecule has 4 rings (SSSR count). The highest BCUT2D eigenvalue weighted by atomic mass is 32.1. The first kappa shape index (κ1) is 24.4. The van der Waals surface area contributed by atoms with Gasteiger partial charge in [0.1, 0.15) is 17.5 Å². The zero-order chi connectivity index (χ0) is 23.9. The normalized spacial score (nSPS) is 15.9. The summed E-state index contributed by atoms with van der Waals surface area (Å²) in [5.74, 6) is 2.38. The second-order valence-electron chi connectivity index (χ2n) is 8.97. The van der Waals surface area contributed by atoms with Gasteiger partial charge in [0.05, 0.1) is 5.69 Å². The molecule has 2 aromatic rings. The Labute approximate surface area is 206 Å². The minimum Gasteiger partial charge on any atom is -0.376 e. The zero-order valence-electron chi connectivity index (χ0n) is 19.9. The predicted octanol–water partition coefficient (Wildman–Crippen LogP) is 2.91. The fourth-order valence-corrected chi connectivity index (χ4v) is 4.65. The Morgan fingerprint density at radius 1 is 1.03 bits per heavy atom. The molecule has 0 bridgehead atoms. The van der Waals surface area contributed by atoms with Gasteiger partial charge in [-0.25, -0.2) is 4.39 Å². The number of anilines is 4. The van der Waals surface area contributed by atoms with Gasteiger partial charge in [0.15, 0.2) is 5.11 Å². The first-order valence-electron chi connectivity index (χ1n) is 12.1. The molecule has 2 saturated heterocycles. The van der Waals surface area contributed by atoms with Gasteiger partial charge < -0.3 is 30.7 Å². The van der Waals surface area contributed by atoms with Crippen LogP contribution in [0.1, 0.15) is 25.7 Å². The third-order valence-corrected chi connectivity index (χ3v) is 6.65. The molecule has 1 aromatic carbocycles. The van der Waals surface area contributed by atoms with Crippen LogP contribution in [-0.2, 0) is 0 Å². The van der Waals surface area contributed by atoms with E-state index >= 15 is 0 Å². The van der Waals surface area contributed by atoms with E-state index in [0.717, 1.165) is 56.9 Å². The first-order chi connectivity index (χ1) is 16.5. The summed E-state index contributed by atoms with van der Waals surface area (Å²) in [6.45, 7) is 6.89. The fourth-order valence-electron chi connectivity index (χ4n) is 4.46. The summed E-state index contributed by atoms with van der Waals surface area (Å²) in [4.78, 5) is 18.1. The van der Waals surface area contributed by atoms with E-state index in [4.69, 9.17) is 27.9 Å². The van der Waals surface area contributed by atoms with Gasteiger partial charge in [0.2, 0.25) is 5.95 Å². The van der Waals surface area contributed by atoms with Crippen molar-refractivity contribution >= 4 is 40.6 Å². The largest absolute Gasteiger partial charge is 0.376 e. The Morgan fingerprint density at radius 3 is 2.38 bits per heavy atom. The SMILES string of the molecule is CN(CCNc1cc(N2CCCC2)nc(N2CCCC2)n1)CCN(C(N)=S)c1ccccc1F. The number of para-hydroxylation sites is 1. The lowest BCUT2D eigenvalue weighted by Gasteiger charge is -2.26. The van der Waals surface area contributed by atoms with Crippen LogP contribution < -0.4 is 25.8 Å². The van der Waals surface area contributed by atoms with E-state index in [-0.39, 0.29) is 10.9 Å². The van der Waals surface area contributed by atoms with Gasteiger partial charge in [-0.2, -0.15) is 9.97 Å². The number of benzene rings is 1. The summed E-state index contributed by atoms with van der Waals surface area (Å²) in [5, 5.41) is 3.65. The molecule has 8 nitrogen and oxygen atoms in total. The molecule has 2 fully saturated rings. The van der Waals surface area contributed by atoms with Crippen LogP contribution in [-0.4, -0.2) is 79.4 Å². The van der Waals surface area contributed by atoms with Gasteiger partial charge in [-0.15, -0.1) is 0 Å². The Bertz CT molecular complexity index is 927. The van der Waals surface area contributed by atoms with Crippen LogP contribution in [0.4, 0.5) is 27.7 Å². The van der Waals surface area contributed by atoms with Crippen molar-refractivity contribution in [3.05, 3.63) is 36.1 Å². The van der Waals surface area contributed by atoms with Crippen LogP contribution >= 0.6 is 12.2 Å². The standard InChI is InChI=1S/C24H35FN8S/c1-30(16-17-33(23(26)34)20-9-3-2-8-19(20)25)15-10-27-21-18-22(31-11-4-5-12-31)29-24(28-21)32-13-6-7-14-32/h2-3,8-9,18H,4-7,10-17H2,1H3,(H2,26,34)(H,27,28,29). The quantitative estimate of drug-likeness (QED) is 0.493. The summed E-state index contributed by atoms with van der Waals surface area (Å²) in [7, 11) is 2.03. The average Bonchev–Trinajstić information content (AvgIpc) is 3.55. The molecule has 10 heteroatoms. The third kappa shape index (κ3) is 6.24. The highest BCUT2D eigenvalue weighted by Crippen LogP contribution is 2.25.